The average molecular weight is 338 g/mol. The number of benzene rings is 2. The van der Waals surface area contributed by atoms with Crippen molar-refractivity contribution in [2.45, 2.75) is 19.0 Å². The van der Waals surface area contributed by atoms with Crippen LogP contribution in [-0.4, -0.2) is 26.4 Å². The monoisotopic (exact) mass is 338 g/mol. The number of nitrogens with zero attached hydrogens (tertiary/aromatic N) is 3. The summed E-state index contributed by atoms with van der Waals surface area (Å²) in [6.07, 6.45) is 1.68. The number of aryl methyl sites for hydroxylation is 2. The summed E-state index contributed by atoms with van der Waals surface area (Å²) < 4.78 is 1.91. The van der Waals surface area contributed by atoms with E-state index in [0.717, 1.165) is 16.9 Å². The molecular weight excluding hydrogens is 320 g/mol. The Hall–Kier alpha value is -2.60. The molecule has 1 aromatic heterocycles. The minimum absolute atomic E-state index is 0.0682. The van der Waals surface area contributed by atoms with E-state index in [1.54, 1.807) is 6.33 Å². The zero-order valence-electron chi connectivity index (χ0n) is 13.6. The van der Waals surface area contributed by atoms with Crippen LogP contribution >= 0.6 is 11.8 Å². The molecule has 3 aromatic rings. The molecule has 0 spiro atoms. The molecule has 2 aromatic carbocycles. The molecule has 0 fully saturated rings. The molecule has 0 aliphatic carbocycles. The van der Waals surface area contributed by atoms with Gasteiger partial charge in [0.1, 0.15) is 6.33 Å². The summed E-state index contributed by atoms with van der Waals surface area (Å²) in [7, 11) is 0. The van der Waals surface area contributed by atoms with Crippen molar-refractivity contribution in [2.75, 3.05) is 11.1 Å². The maximum Gasteiger partial charge on any atom is 0.234 e. The van der Waals surface area contributed by atoms with Gasteiger partial charge in [0, 0.05) is 5.69 Å². The second-order valence-electron chi connectivity index (χ2n) is 5.48. The van der Waals surface area contributed by atoms with Crippen LogP contribution in [0.2, 0.25) is 0 Å². The maximum absolute atomic E-state index is 12.1. The number of nitrogens with one attached hydrogen (secondary N) is 1. The summed E-state index contributed by atoms with van der Waals surface area (Å²) in [5.41, 5.74) is 4.17. The van der Waals surface area contributed by atoms with Gasteiger partial charge in [-0.15, -0.1) is 10.2 Å². The summed E-state index contributed by atoms with van der Waals surface area (Å²) in [6, 6.07) is 15.6. The normalized spacial score (nSPS) is 10.6. The molecule has 0 atom stereocenters. The van der Waals surface area contributed by atoms with Crippen molar-refractivity contribution in [3.8, 4) is 5.69 Å². The molecule has 1 amide bonds. The lowest BCUT2D eigenvalue weighted by Crippen LogP contribution is -2.14. The third kappa shape index (κ3) is 3.83. The molecule has 0 saturated heterocycles. The molecule has 3 rings (SSSR count). The highest BCUT2D eigenvalue weighted by atomic mass is 32.2. The zero-order valence-corrected chi connectivity index (χ0v) is 14.4. The molecule has 0 bridgehead atoms. The van der Waals surface area contributed by atoms with Crippen LogP contribution in [-0.2, 0) is 4.79 Å². The number of hydrogen-bond acceptors (Lipinski definition) is 4. The van der Waals surface area contributed by atoms with Gasteiger partial charge in [0.2, 0.25) is 5.91 Å². The minimum Gasteiger partial charge on any atom is -0.325 e. The van der Waals surface area contributed by atoms with Crippen molar-refractivity contribution < 1.29 is 4.79 Å². The van der Waals surface area contributed by atoms with E-state index in [1.807, 2.05) is 41.0 Å². The topological polar surface area (TPSA) is 59.8 Å². The van der Waals surface area contributed by atoms with Crippen molar-refractivity contribution in [3.63, 3.8) is 0 Å². The number of anilines is 1. The van der Waals surface area contributed by atoms with Crippen LogP contribution in [0.1, 0.15) is 11.1 Å². The van der Waals surface area contributed by atoms with Crippen LogP contribution in [0.25, 0.3) is 5.69 Å². The number of amides is 1. The van der Waals surface area contributed by atoms with Crippen molar-refractivity contribution >= 4 is 23.4 Å². The molecule has 5 nitrogen and oxygen atoms in total. The third-order valence-electron chi connectivity index (χ3n) is 3.52. The van der Waals surface area contributed by atoms with Crippen molar-refractivity contribution in [3.05, 3.63) is 66.0 Å². The van der Waals surface area contributed by atoms with Gasteiger partial charge in [-0.2, -0.15) is 0 Å². The number of carbonyl (C=O) groups is 1. The van der Waals surface area contributed by atoms with E-state index >= 15 is 0 Å². The highest BCUT2D eigenvalue weighted by Gasteiger charge is 2.11. The molecule has 1 heterocycles. The van der Waals surface area contributed by atoms with Crippen molar-refractivity contribution in [1.29, 1.82) is 0 Å². The number of rotatable bonds is 5. The molecule has 0 radical (unpaired) electrons. The predicted molar refractivity (Wildman–Crippen MR) is 96.6 cm³/mol. The Morgan fingerprint density at radius 3 is 2.71 bits per heavy atom. The van der Waals surface area contributed by atoms with E-state index in [2.05, 4.69) is 41.5 Å². The standard InChI is InChI=1S/C18H18N4OS/c1-13-8-9-16(14(2)10-13)22-12-19-21-18(22)24-11-17(23)20-15-6-4-3-5-7-15/h3-10,12H,11H2,1-2H3,(H,20,23). The van der Waals surface area contributed by atoms with Gasteiger partial charge in [-0.05, 0) is 37.6 Å². The molecule has 0 aliphatic heterocycles. The Morgan fingerprint density at radius 1 is 1.17 bits per heavy atom. The van der Waals surface area contributed by atoms with E-state index in [4.69, 9.17) is 0 Å². The summed E-state index contributed by atoms with van der Waals surface area (Å²) in [5.74, 6) is 0.208. The first-order chi connectivity index (χ1) is 11.6. The first-order valence-electron chi connectivity index (χ1n) is 7.59. The summed E-state index contributed by atoms with van der Waals surface area (Å²) in [5, 5.41) is 11.7. The number of thioether (sulfide) groups is 1. The summed E-state index contributed by atoms with van der Waals surface area (Å²) in [6.45, 7) is 4.12. The van der Waals surface area contributed by atoms with Gasteiger partial charge in [0.05, 0.1) is 11.4 Å². The molecule has 24 heavy (non-hydrogen) atoms. The highest BCUT2D eigenvalue weighted by molar-refractivity contribution is 7.99. The Bertz CT molecular complexity index is 845. The summed E-state index contributed by atoms with van der Waals surface area (Å²) in [4.78, 5) is 12.1. The molecule has 122 valence electrons. The highest BCUT2D eigenvalue weighted by Crippen LogP contribution is 2.22. The average Bonchev–Trinajstić information content (AvgIpc) is 3.02. The van der Waals surface area contributed by atoms with Gasteiger partial charge in [-0.1, -0.05) is 47.7 Å². The quantitative estimate of drug-likeness (QED) is 0.722. The Labute approximate surface area is 145 Å². The second kappa shape index (κ2) is 7.31. The third-order valence-corrected chi connectivity index (χ3v) is 4.46. The van der Waals surface area contributed by atoms with Gasteiger partial charge in [-0.25, -0.2) is 0 Å². The molecule has 6 heteroatoms. The Kier molecular flexibility index (Phi) is 4.96. The Morgan fingerprint density at radius 2 is 1.96 bits per heavy atom. The molecule has 1 N–H and O–H groups in total. The fourth-order valence-electron chi connectivity index (χ4n) is 2.41. The van der Waals surface area contributed by atoms with Gasteiger partial charge < -0.3 is 5.32 Å². The number of carbonyl (C=O) groups excluding carboxylic acids is 1. The maximum atomic E-state index is 12.1. The first-order valence-corrected chi connectivity index (χ1v) is 8.57. The van der Waals surface area contributed by atoms with E-state index in [9.17, 15) is 4.79 Å². The van der Waals surface area contributed by atoms with Crippen LogP contribution in [0.4, 0.5) is 5.69 Å². The van der Waals surface area contributed by atoms with Gasteiger partial charge >= 0.3 is 0 Å². The lowest BCUT2D eigenvalue weighted by Gasteiger charge is -2.10. The van der Waals surface area contributed by atoms with E-state index in [0.29, 0.717) is 5.16 Å². The lowest BCUT2D eigenvalue weighted by atomic mass is 10.1. The van der Waals surface area contributed by atoms with Crippen LogP contribution < -0.4 is 5.32 Å². The molecule has 0 unspecified atom stereocenters. The molecule has 0 saturated carbocycles. The first kappa shape index (κ1) is 16.3. The Balaban J connectivity index is 1.69. The lowest BCUT2D eigenvalue weighted by molar-refractivity contribution is -0.113. The van der Waals surface area contributed by atoms with Crippen molar-refractivity contribution in [1.82, 2.24) is 14.8 Å². The predicted octanol–water partition coefficient (Wildman–Crippen LogP) is 3.61. The second-order valence-corrected chi connectivity index (χ2v) is 6.42. The summed E-state index contributed by atoms with van der Waals surface area (Å²) >= 11 is 1.37. The molecular formula is C18H18N4OS. The van der Waals surface area contributed by atoms with Crippen LogP contribution in [0.3, 0.4) is 0 Å². The fourth-order valence-corrected chi connectivity index (χ4v) is 3.13. The number of hydrogen-bond donors (Lipinski definition) is 1. The van der Waals surface area contributed by atoms with Crippen LogP contribution in [0, 0.1) is 13.8 Å². The minimum atomic E-state index is -0.0682. The smallest absolute Gasteiger partial charge is 0.234 e. The largest absolute Gasteiger partial charge is 0.325 e. The number of para-hydroxylation sites is 1. The number of aromatic nitrogens is 3. The van der Waals surface area contributed by atoms with Gasteiger partial charge in [0.15, 0.2) is 5.16 Å². The van der Waals surface area contributed by atoms with E-state index in [1.165, 1.54) is 17.3 Å². The zero-order chi connectivity index (χ0) is 16.9. The van der Waals surface area contributed by atoms with Crippen LogP contribution in [0.5, 0.6) is 0 Å². The van der Waals surface area contributed by atoms with E-state index in [-0.39, 0.29) is 11.7 Å². The fraction of sp³-hybridized carbons (Fsp3) is 0.167. The van der Waals surface area contributed by atoms with Gasteiger partial charge in [0.25, 0.3) is 0 Å². The van der Waals surface area contributed by atoms with Crippen molar-refractivity contribution in [2.24, 2.45) is 0 Å². The van der Waals surface area contributed by atoms with Gasteiger partial charge in [-0.3, -0.25) is 9.36 Å². The molecule has 0 aliphatic rings. The SMILES string of the molecule is Cc1ccc(-n2cnnc2SCC(=O)Nc2ccccc2)c(C)c1. The van der Waals surface area contributed by atoms with E-state index < -0.39 is 0 Å². The van der Waals surface area contributed by atoms with Crippen LogP contribution in [0.15, 0.2) is 60.0 Å².